The van der Waals surface area contributed by atoms with E-state index in [1.807, 2.05) is 19.1 Å². The summed E-state index contributed by atoms with van der Waals surface area (Å²) in [6, 6.07) is 5.49. The zero-order valence-corrected chi connectivity index (χ0v) is 13.3. The van der Waals surface area contributed by atoms with Gasteiger partial charge in [-0.1, -0.05) is 6.07 Å². The van der Waals surface area contributed by atoms with E-state index in [1.54, 1.807) is 24.7 Å². The van der Waals surface area contributed by atoms with Crippen LogP contribution in [-0.2, 0) is 0 Å². The molecule has 3 rings (SSSR count). The number of carbonyl (C=O) groups is 1. The van der Waals surface area contributed by atoms with E-state index in [1.165, 1.54) is 0 Å². The lowest BCUT2D eigenvalue weighted by molar-refractivity contribution is 0.0940. The van der Waals surface area contributed by atoms with Crippen LogP contribution in [0.1, 0.15) is 29.0 Å². The molecule has 0 aromatic carbocycles. The quantitative estimate of drug-likeness (QED) is 0.932. The van der Waals surface area contributed by atoms with E-state index in [0.29, 0.717) is 18.2 Å². The zero-order chi connectivity index (χ0) is 16.1. The second kappa shape index (κ2) is 7.17. The van der Waals surface area contributed by atoms with Crippen molar-refractivity contribution in [2.75, 3.05) is 24.5 Å². The van der Waals surface area contributed by atoms with Crippen LogP contribution < -0.4 is 10.2 Å². The molecular formula is C17H21N5O. The fourth-order valence-electron chi connectivity index (χ4n) is 2.89. The first kappa shape index (κ1) is 15.4. The molecule has 2 aromatic heterocycles. The number of nitrogens with zero attached hydrogens (tertiary/aromatic N) is 4. The van der Waals surface area contributed by atoms with Crippen molar-refractivity contribution in [2.45, 2.75) is 19.8 Å². The zero-order valence-electron chi connectivity index (χ0n) is 13.3. The monoisotopic (exact) mass is 311 g/mol. The number of pyridine rings is 1. The third kappa shape index (κ3) is 4.03. The van der Waals surface area contributed by atoms with Crippen molar-refractivity contribution in [1.29, 1.82) is 0 Å². The van der Waals surface area contributed by atoms with Gasteiger partial charge in [-0.3, -0.25) is 9.78 Å². The second-order valence-electron chi connectivity index (χ2n) is 5.89. The van der Waals surface area contributed by atoms with Crippen LogP contribution in [0.15, 0.2) is 36.8 Å². The van der Waals surface area contributed by atoms with Crippen molar-refractivity contribution in [3.8, 4) is 0 Å². The van der Waals surface area contributed by atoms with E-state index in [2.05, 4.69) is 25.2 Å². The molecule has 1 aliphatic rings. The standard InChI is InChI=1S/C17H21N5O/c1-13-4-2-6-15(21-13)17(23)20-10-14-5-3-9-22(12-14)16-11-18-7-8-19-16/h2,4,6-8,11,14H,3,5,9-10,12H2,1H3,(H,20,23). The number of nitrogens with one attached hydrogen (secondary N) is 1. The first-order valence-electron chi connectivity index (χ1n) is 7.95. The van der Waals surface area contributed by atoms with Crippen LogP contribution in [0.4, 0.5) is 5.82 Å². The molecule has 120 valence electrons. The number of carbonyl (C=O) groups excluding carboxylic acids is 1. The Morgan fingerprint density at radius 2 is 2.30 bits per heavy atom. The summed E-state index contributed by atoms with van der Waals surface area (Å²) >= 11 is 0. The van der Waals surface area contributed by atoms with Gasteiger partial charge in [-0.25, -0.2) is 9.97 Å². The lowest BCUT2D eigenvalue weighted by Gasteiger charge is -2.33. The van der Waals surface area contributed by atoms with Gasteiger partial charge in [-0.2, -0.15) is 0 Å². The van der Waals surface area contributed by atoms with E-state index in [9.17, 15) is 4.79 Å². The number of anilines is 1. The predicted molar refractivity (Wildman–Crippen MR) is 88.3 cm³/mol. The number of hydrogen-bond donors (Lipinski definition) is 1. The summed E-state index contributed by atoms with van der Waals surface area (Å²) in [6.45, 7) is 4.42. The fraction of sp³-hybridized carbons (Fsp3) is 0.412. The summed E-state index contributed by atoms with van der Waals surface area (Å²) in [5.74, 6) is 1.22. The summed E-state index contributed by atoms with van der Waals surface area (Å²) in [5.41, 5.74) is 1.33. The first-order chi connectivity index (χ1) is 11.2. The highest BCUT2D eigenvalue weighted by Gasteiger charge is 2.21. The maximum atomic E-state index is 12.2. The van der Waals surface area contributed by atoms with Crippen LogP contribution in [-0.4, -0.2) is 40.5 Å². The highest BCUT2D eigenvalue weighted by molar-refractivity contribution is 5.92. The highest BCUT2D eigenvalue weighted by atomic mass is 16.1. The minimum absolute atomic E-state index is 0.106. The van der Waals surface area contributed by atoms with Crippen molar-refractivity contribution < 1.29 is 4.79 Å². The van der Waals surface area contributed by atoms with E-state index < -0.39 is 0 Å². The SMILES string of the molecule is Cc1cccc(C(=O)NCC2CCCN(c3cnccn3)C2)n1. The molecule has 0 radical (unpaired) electrons. The van der Waals surface area contributed by atoms with Crippen LogP contribution in [0.2, 0.25) is 0 Å². The summed E-state index contributed by atoms with van der Waals surface area (Å²) in [5, 5.41) is 3.00. The Labute approximate surface area is 136 Å². The molecule has 0 bridgehead atoms. The molecule has 1 aliphatic heterocycles. The molecule has 2 aromatic rings. The summed E-state index contributed by atoms with van der Waals surface area (Å²) in [6.07, 6.45) is 7.39. The largest absolute Gasteiger partial charge is 0.355 e. The topological polar surface area (TPSA) is 71.0 Å². The van der Waals surface area contributed by atoms with Gasteiger partial charge >= 0.3 is 0 Å². The summed E-state index contributed by atoms with van der Waals surface area (Å²) in [4.78, 5) is 27.2. The van der Waals surface area contributed by atoms with Crippen molar-refractivity contribution >= 4 is 11.7 Å². The molecule has 1 amide bonds. The Bertz CT molecular complexity index is 661. The van der Waals surface area contributed by atoms with Gasteiger partial charge in [0.1, 0.15) is 11.5 Å². The number of piperidine rings is 1. The molecule has 0 saturated carbocycles. The van der Waals surface area contributed by atoms with Gasteiger partial charge in [-0.05, 0) is 37.8 Å². The Hall–Kier alpha value is -2.50. The number of aryl methyl sites for hydroxylation is 1. The lowest BCUT2D eigenvalue weighted by Crippen LogP contribution is -2.41. The van der Waals surface area contributed by atoms with Gasteiger partial charge in [0.25, 0.3) is 5.91 Å². The molecule has 1 N–H and O–H groups in total. The second-order valence-corrected chi connectivity index (χ2v) is 5.89. The average molecular weight is 311 g/mol. The Kier molecular flexibility index (Phi) is 4.80. The van der Waals surface area contributed by atoms with Crippen LogP contribution in [0.25, 0.3) is 0 Å². The van der Waals surface area contributed by atoms with Crippen molar-refractivity contribution in [3.05, 3.63) is 48.2 Å². The summed E-state index contributed by atoms with van der Waals surface area (Å²) < 4.78 is 0. The van der Waals surface area contributed by atoms with Crippen LogP contribution in [0, 0.1) is 12.8 Å². The van der Waals surface area contributed by atoms with Gasteiger partial charge in [0, 0.05) is 37.7 Å². The van der Waals surface area contributed by atoms with Crippen molar-refractivity contribution in [3.63, 3.8) is 0 Å². The number of hydrogen-bond acceptors (Lipinski definition) is 5. The fourth-order valence-corrected chi connectivity index (χ4v) is 2.89. The van der Waals surface area contributed by atoms with Crippen molar-refractivity contribution in [2.24, 2.45) is 5.92 Å². The van der Waals surface area contributed by atoms with E-state index in [-0.39, 0.29) is 5.91 Å². The van der Waals surface area contributed by atoms with Crippen LogP contribution >= 0.6 is 0 Å². The molecule has 3 heterocycles. The average Bonchev–Trinajstić information content (AvgIpc) is 2.61. The number of amides is 1. The lowest BCUT2D eigenvalue weighted by atomic mass is 9.98. The van der Waals surface area contributed by atoms with Crippen LogP contribution in [0.3, 0.4) is 0 Å². The van der Waals surface area contributed by atoms with E-state index in [0.717, 1.165) is 37.4 Å². The highest BCUT2D eigenvalue weighted by Crippen LogP contribution is 2.20. The third-order valence-corrected chi connectivity index (χ3v) is 4.06. The Balaban J connectivity index is 1.55. The number of aromatic nitrogens is 3. The van der Waals surface area contributed by atoms with Gasteiger partial charge in [0.05, 0.1) is 6.20 Å². The molecule has 6 nitrogen and oxygen atoms in total. The van der Waals surface area contributed by atoms with Gasteiger partial charge in [0.2, 0.25) is 0 Å². The van der Waals surface area contributed by atoms with Gasteiger partial charge < -0.3 is 10.2 Å². The molecule has 1 unspecified atom stereocenters. The molecule has 6 heteroatoms. The Morgan fingerprint density at radius 1 is 1.39 bits per heavy atom. The Morgan fingerprint density at radius 3 is 3.09 bits per heavy atom. The van der Waals surface area contributed by atoms with E-state index in [4.69, 9.17) is 0 Å². The molecule has 1 fully saturated rings. The summed E-state index contributed by atoms with van der Waals surface area (Å²) in [7, 11) is 0. The molecule has 1 atom stereocenters. The molecule has 23 heavy (non-hydrogen) atoms. The molecule has 0 aliphatic carbocycles. The normalized spacial score (nSPS) is 17.8. The maximum absolute atomic E-state index is 12.2. The first-order valence-corrected chi connectivity index (χ1v) is 7.95. The third-order valence-electron chi connectivity index (χ3n) is 4.06. The number of rotatable bonds is 4. The van der Waals surface area contributed by atoms with Gasteiger partial charge in [-0.15, -0.1) is 0 Å². The predicted octanol–water partition coefficient (Wildman–Crippen LogP) is 1.83. The molecule has 1 saturated heterocycles. The van der Waals surface area contributed by atoms with Gasteiger partial charge in [0.15, 0.2) is 0 Å². The minimum atomic E-state index is -0.106. The van der Waals surface area contributed by atoms with Crippen molar-refractivity contribution in [1.82, 2.24) is 20.3 Å². The smallest absolute Gasteiger partial charge is 0.269 e. The molecular weight excluding hydrogens is 290 g/mol. The molecule has 0 spiro atoms. The van der Waals surface area contributed by atoms with Crippen LogP contribution in [0.5, 0.6) is 0 Å². The maximum Gasteiger partial charge on any atom is 0.269 e. The minimum Gasteiger partial charge on any atom is -0.355 e. The van der Waals surface area contributed by atoms with E-state index >= 15 is 0 Å².